The number of hydrogen-bond acceptors (Lipinski definition) is 7. The van der Waals surface area contributed by atoms with E-state index < -0.39 is 15.5 Å². The van der Waals surface area contributed by atoms with E-state index in [1.54, 1.807) is 12.2 Å². The average molecular weight is 457 g/mol. The number of allylic oxidation sites excluding steroid dienone is 2. The molecule has 2 bridgehead atoms. The van der Waals surface area contributed by atoms with Gasteiger partial charge in [0.05, 0.1) is 11.0 Å². The van der Waals surface area contributed by atoms with Crippen LogP contribution in [0, 0.1) is 35.0 Å². The molecule has 1 aromatic carbocycles. The van der Waals surface area contributed by atoms with Gasteiger partial charge in [0, 0.05) is 11.3 Å². The maximum Gasteiger partial charge on any atom is 0.329 e. The standard InChI is InChI=1S/C23H24N2O4S2/c1-15-6-4-5-7-17(15)18(13-24)19-8-9-21(30-19)25-29-31(27,28)14-23-11-10-16(12-20(23)26)22(23,2)3/h4-9,16H,10-12,14H2,1-3H3/b19-18-,25-21-. The molecule has 162 valence electrons. The predicted octanol–water partition coefficient (Wildman–Crippen LogP) is 4.59. The quantitative estimate of drug-likeness (QED) is 0.475. The lowest BCUT2D eigenvalue weighted by molar-refractivity contribution is -0.128. The van der Waals surface area contributed by atoms with Crippen LogP contribution < -0.4 is 0 Å². The molecule has 0 radical (unpaired) electrons. The topological polar surface area (TPSA) is 96.6 Å². The summed E-state index contributed by atoms with van der Waals surface area (Å²) in [5.41, 5.74) is 1.05. The third-order valence-electron chi connectivity index (χ3n) is 7.17. The molecule has 0 saturated heterocycles. The smallest absolute Gasteiger partial charge is 0.299 e. The number of aryl methyl sites for hydroxylation is 1. The normalized spacial score (nSPS) is 29.4. The lowest BCUT2D eigenvalue weighted by Crippen LogP contribution is -2.42. The molecule has 2 fully saturated rings. The Hall–Kier alpha value is -2.37. The molecule has 1 heterocycles. The summed E-state index contributed by atoms with van der Waals surface area (Å²) in [6.45, 7) is 5.90. The van der Waals surface area contributed by atoms with Crippen molar-refractivity contribution in [1.82, 2.24) is 0 Å². The molecule has 0 spiro atoms. The number of carbonyl (C=O) groups excluding carboxylic acids is 1. The van der Waals surface area contributed by atoms with Gasteiger partial charge in [-0.2, -0.15) is 13.7 Å². The highest BCUT2D eigenvalue weighted by Gasteiger charge is 2.65. The molecule has 3 aliphatic rings. The van der Waals surface area contributed by atoms with Crippen LogP contribution in [0.3, 0.4) is 0 Å². The van der Waals surface area contributed by atoms with E-state index in [0.717, 1.165) is 17.5 Å². The Morgan fingerprint density at radius 1 is 1.32 bits per heavy atom. The van der Waals surface area contributed by atoms with E-state index >= 15 is 0 Å². The number of nitriles is 1. The van der Waals surface area contributed by atoms with Crippen LogP contribution in [-0.4, -0.2) is 25.0 Å². The Labute approximate surface area is 187 Å². The maximum absolute atomic E-state index is 12.7. The molecule has 0 aromatic heterocycles. The SMILES string of the molecule is Cc1ccccc1/C(C#N)=C1C=C/C(=N/OS(=O)(=O)CC23CCC(CC2=O)C3(C)C)S/1. The number of benzene rings is 1. The Morgan fingerprint density at radius 3 is 2.68 bits per heavy atom. The summed E-state index contributed by atoms with van der Waals surface area (Å²) in [6, 6.07) is 9.81. The fourth-order valence-corrected chi connectivity index (χ4v) is 7.55. The summed E-state index contributed by atoms with van der Waals surface area (Å²) in [7, 11) is -4.04. The highest BCUT2D eigenvalue weighted by atomic mass is 32.2. The van der Waals surface area contributed by atoms with E-state index in [1.165, 1.54) is 11.8 Å². The van der Waals surface area contributed by atoms with Gasteiger partial charge in [-0.3, -0.25) is 9.08 Å². The summed E-state index contributed by atoms with van der Waals surface area (Å²) in [6.07, 6.45) is 5.24. The first kappa shape index (κ1) is 21.8. The third-order valence-corrected chi connectivity index (χ3v) is 9.30. The number of Topliss-reactive ketones (excluding diaryl/α,β-unsaturated/α-hetero) is 1. The minimum atomic E-state index is -4.04. The maximum atomic E-state index is 12.7. The fourth-order valence-electron chi connectivity index (χ4n) is 5.14. The van der Waals surface area contributed by atoms with Crippen molar-refractivity contribution in [2.24, 2.45) is 21.9 Å². The average Bonchev–Trinajstić information content (AvgIpc) is 3.32. The Balaban J connectivity index is 1.51. The van der Waals surface area contributed by atoms with Crippen LogP contribution in [0.1, 0.15) is 44.2 Å². The molecule has 1 aromatic rings. The van der Waals surface area contributed by atoms with E-state index in [-0.39, 0.29) is 22.9 Å². The van der Waals surface area contributed by atoms with Crippen LogP contribution >= 0.6 is 11.8 Å². The summed E-state index contributed by atoms with van der Waals surface area (Å²) in [5.74, 6) is -0.0951. The molecule has 6 nitrogen and oxygen atoms in total. The zero-order chi connectivity index (χ0) is 22.4. The highest BCUT2D eigenvalue weighted by Crippen LogP contribution is 2.64. The number of fused-ring (bicyclic) bond motifs is 2. The lowest BCUT2D eigenvalue weighted by Gasteiger charge is -2.35. The van der Waals surface area contributed by atoms with Crippen molar-refractivity contribution in [2.75, 3.05) is 5.75 Å². The zero-order valence-electron chi connectivity index (χ0n) is 17.7. The van der Waals surface area contributed by atoms with Crippen molar-refractivity contribution in [3.63, 3.8) is 0 Å². The van der Waals surface area contributed by atoms with Crippen molar-refractivity contribution in [3.8, 4) is 6.07 Å². The van der Waals surface area contributed by atoms with Gasteiger partial charge in [-0.15, -0.1) is 0 Å². The monoisotopic (exact) mass is 456 g/mol. The molecule has 0 amide bonds. The van der Waals surface area contributed by atoms with Gasteiger partial charge in [-0.1, -0.05) is 55.0 Å². The minimum absolute atomic E-state index is 0.0193. The number of hydrogen-bond donors (Lipinski definition) is 0. The number of oxime groups is 1. The first-order valence-corrected chi connectivity index (χ1v) is 12.6. The van der Waals surface area contributed by atoms with Gasteiger partial charge in [-0.05, 0) is 54.4 Å². The number of ketones is 1. The van der Waals surface area contributed by atoms with Crippen LogP contribution in [0.15, 0.2) is 46.5 Å². The van der Waals surface area contributed by atoms with E-state index in [0.29, 0.717) is 28.4 Å². The second kappa shape index (κ2) is 7.64. The zero-order valence-corrected chi connectivity index (χ0v) is 19.3. The highest BCUT2D eigenvalue weighted by molar-refractivity contribution is 8.18. The van der Waals surface area contributed by atoms with Crippen LogP contribution in [-0.2, 0) is 19.2 Å². The molecule has 2 unspecified atom stereocenters. The van der Waals surface area contributed by atoms with Crippen molar-refractivity contribution in [2.45, 2.75) is 40.0 Å². The van der Waals surface area contributed by atoms with Gasteiger partial charge < -0.3 is 0 Å². The molecule has 4 rings (SSSR count). The van der Waals surface area contributed by atoms with Crippen LogP contribution in [0.5, 0.6) is 0 Å². The van der Waals surface area contributed by atoms with E-state index in [9.17, 15) is 18.5 Å². The summed E-state index contributed by atoms with van der Waals surface area (Å²) >= 11 is 1.18. The molecule has 2 saturated carbocycles. The lowest BCUT2D eigenvalue weighted by atomic mass is 9.70. The number of nitrogens with zero attached hydrogens (tertiary/aromatic N) is 2. The predicted molar refractivity (Wildman–Crippen MR) is 121 cm³/mol. The second-order valence-corrected chi connectivity index (χ2v) is 11.6. The Morgan fingerprint density at radius 2 is 2.06 bits per heavy atom. The molecule has 1 aliphatic heterocycles. The molecule has 0 N–H and O–H groups in total. The first-order chi connectivity index (χ1) is 14.6. The van der Waals surface area contributed by atoms with Crippen molar-refractivity contribution < 1.29 is 17.5 Å². The molecular formula is C23H24N2O4S2. The number of rotatable bonds is 5. The fraction of sp³-hybridized carbons (Fsp3) is 0.435. The van der Waals surface area contributed by atoms with Gasteiger partial charge in [0.25, 0.3) is 0 Å². The van der Waals surface area contributed by atoms with Crippen molar-refractivity contribution in [3.05, 3.63) is 52.4 Å². The van der Waals surface area contributed by atoms with Crippen molar-refractivity contribution >= 4 is 38.3 Å². The van der Waals surface area contributed by atoms with Crippen LogP contribution in [0.2, 0.25) is 0 Å². The van der Waals surface area contributed by atoms with Crippen LogP contribution in [0.4, 0.5) is 0 Å². The number of thioether (sulfide) groups is 1. The Kier molecular flexibility index (Phi) is 5.39. The summed E-state index contributed by atoms with van der Waals surface area (Å²) < 4.78 is 30.4. The third kappa shape index (κ3) is 3.64. The van der Waals surface area contributed by atoms with Crippen molar-refractivity contribution in [1.29, 1.82) is 5.26 Å². The van der Waals surface area contributed by atoms with Gasteiger partial charge in [-0.25, -0.2) is 0 Å². The van der Waals surface area contributed by atoms with E-state index in [1.807, 2.05) is 45.0 Å². The van der Waals surface area contributed by atoms with Crippen LogP contribution in [0.25, 0.3) is 5.57 Å². The first-order valence-electron chi connectivity index (χ1n) is 10.2. The van der Waals surface area contributed by atoms with Gasteiger partial charge >= 0.3 is 10.1 Å². The van der Waals surface area contributed by atoms with E-state index in [4.69, 9.17) is 4.28 Å². The molecule has 2 aliphatic carbocycles. The summed E-state index contributed by atoms with van der Waals surface area (Å²) in [4.78, 5) is 13.3. The molecular weight excluding hydrogens is 432 g/mol. The van der Waals surface area contributed by atoms with Gasteiger partial charge in [0.1, 0.15) is 22.6 Å². The second-order valence-electron chi connectivity index (χ2n) is 8.97. The molecule has 8 heteroatoms. The largest absolute Gasteiger partial charge is 0.329 e. The summed E-state index contributed by atoms with van der Waals surface area (Å²) in [5, 5.41) is 13.8. The van der Waals surface area contributed by atoms with E-state index in [2.05, 4.69) is 11.2 Å². The molecule has 31 heavy (non-hydrogen) atoms. The Bertz CT molecular complexity index is 1190. The molecule has 2 atom stereocenters. The number of carbonyl (C=O) groups is 1. The minimum Gasteiger partial charge on any atom is -0.299 e. The van der Waals surface area contributed by atoms with Gasteiger partial charge in [0.15, 0.2) is 0 Å². The van der Waals surface area contributed by atoms with Gasteiger partial charge in [0.2, 0.25) is 0 Å².